The number of methoxy groups -OCH3 is 1. The Balaban J connectivity index is 1.56. The van der Waals surface area contributed by atoms with E-state index >= 15 is 0 Å². The van der Waals surface area contributed by atoms with E-state index in [0.29, 0.717) is 6.54 Å². The first kappa shape index (κ1) is 19.5. The molecular weight excluding hydrogens is 360 g/mol. The molecule has 1 N–H and O–H groups in total. The summed E-state index contributed by atoms with van der Waals surface area (Å²) in [5, 5.41) is 4.96. The number of hydrogen-bond donors (Lipinski definition) is 1. The van der Waals surface area contributed by atoms with Crippen molar-refractivity contribution in [2.45, 2.75) is 26.0 Å². The van der Waals surface area contributed by atoms with Gasteiger partial charge in [-0.25, -0.2) is 0 Å². The number of carbonyl (C=O) groups is 1. The smallest absolute Gasteiger partial charge is 0.244 e. The van der Waals surface area contributed by atoms with E-state index in [2.05, 4.69) is 17.1 Å². The number of rotatable bonds is 7. The fraction of sp³-hybridized carbons (Fsp3) is 0.381. The third-order valence-electron chi connectivity index (χ3n) is 4.54. The van der Waals surface area contributed by atoms with Crippen molar-refractivity contribution < 1.29 is 14.3 Å². The molecule has 1 unspecified atom stereocenters. The lowest BCUT2D eigenvalue weighted by molar-refractivity contribution is -0.116. The van der Waals surface area contributed by atoms with E-state index in [1.54, 1.807) is 24.5 Å². The van der Waals surface area contributed by atoms with Crippen molar-refractivity contribution in [2.24, 2.45) is 0 Å². The summed E-state index contributed by atoms with van der Waals surface area (Å²) in [5.74, 6) is 1.69. The third kappa shape index (κ3) is 5.58. The van der Waals surface area contributed by atoms with Gasteiger partial charge < -0.3 is 14.8 Å². The van der Waals surface area contributed by atoms with Crippen LogP contribution in [0.5, 0.6) is 11.5 Å². The zero-order valence-corrected chi connectivity index (χ0v) is 16.6. The number of benzene rings is 1. The maximum atomic E-state index is 12.0. The number of amides is 1. The number of thiophene rings is 1. The largest absolute Gasteiger partial charge is 0.497 e. The molecule has 2 heterocycles. The van der Waals surface area contributed by atoms with E-state index in [1.165, 1.54) is 0 Å². The predicted octanol–water partition coefficient (Wildman–Crippen LogP) is 3.56. The SMILES string of the molecule is CCC1CN(CCNC(=O)C=Cc2cccs2)Cc2cc(OC)ccc2O1. The monoisotopic (exact) mass is 386 g/mol. The first-order valence-corrected chi connectivity index (χ1v) is 10.1. The summed E-state index contributed by atoms with van der Waals surface area (Å²) in [6, 6.07) is 9.91. The molecule has 1 aromatic heterocycles. The van der Waals surface area contributed by atoms with Gasteiger partial charge in [-0.2, -0.15) is 0 Å². The summed E-state index contributed by atoms with van der Waals surface area (Å²) < 4.78 is 11.5. The van der Waals surface area contributed by atoms with Crippen LogP contribution in [0, 0.1) is 0 Å². The highest BCUT2D eigenvalue weighted by molar-refractivity contribution is 7.10. The summed E-state index contributed by atoms with van der Waals surface area (Å²) in [6.07, 6.45) is 4.52. The Bertz CT molecular complexity index is 774. The Labute approximate surface area is 164 Å². The molecular formula is C21H26N2O3S. The topological polar surface area (TPSA) is 50.8 Å². The number of ether oxygens (including phenoxy) is 2. The van der Waals surface area contributed by atoms with Crippen LogP contribution in [0.3, 0.4) is 0 Å². The number of hydrogen-bond acceptors (Lipinski definition) is 5. The number of carbonyl (C=O) groups excluding carboxylic acids is 1. The summed E-state index contributed by atoms with van der Waals surface area (Å²) in [5.41, 5.74) is 1.12. The number of nitrogens with one attached hydrogen (secondary N) is 1. The van der Waals surface area contributed by atoms with E-state index in [0.717, 1.165) is 48.0 Å². The second-order valence-electron chi connectivity index (χ2n) is 6.50. The molecule has 1 aliphatic rings. The summed E-state index contributed by atoms with van der Waals surface area (Å²) >= 11 is 1.61. The number of nitrogens with zero attached hydrogens (tertiary/aromatic N) is 1. The molecule has 0 saturated carbocycles. The van der Waals surface area contributed by atoms with Crippen molar-refractivity contribution in [2.75, 3.05) is 26.7 Å². The Hall–Kier alpha value is -2.31. The molecule has 5 nitrogen and oxygen atoms in total. The van der Waals surface area contributed by atoms with Gasteiger partial charge in [0.25, 0.3) is 0 Å². The molecule has 0 bridgehead atoms. The van der Waals surface area contributed by atoms with E-state index in [9.17, 15) is 4.79 Å². The van der Waals surface area contributed by atoms with Crippen LogP contribution in [0.4, 0.5) is 0 Å². The molecule has 0 spiro atoms. The van der Waals surface area contributed by atoms with E-state index in [-0.39, 0.29) is 12.0 Å². The Morgan fingerprint density at radius 2 is 2.33 bits per heavy atom. The Morgan fingerprint density at radius 1 is 1.44 bits per heavy atom. The van der Waals surface area contributed by atoms with Gasteiger partial charge in [-0.15, -0.1) is 11.3 Å². The molecule has 3 rings (SSSR count). The van der Waals surface area contributed by atoms with Gasteiger partial charge in [0.05, 0.1) is 7.11 Å². The van der Waals surface area contributed by atoms with Crippen LogP contribution in [0.2, 0.25) is 0 Å². The second kappa shape index (κ2) is 9.58. The van der Waals surface area contributed by atoms with Gasteiger partial charge in [0.2, 0.25) is 5.91 Å². The maximum Gasteiger partial charge on any atom is 0.244 e. The highest BCUT2D eigenvalue weighted by Gasteiger charge is 2.22. The third-order valence-corrected chi connectivity index (χ3v) is 5.38. The second-order valence-corrected chi connectivity index (χ2v) is 7.48. The van der Waals surface area contributed by atoms with Gasteiger partial charge in [0, 0.05) is 42.7 Å². The highest BCUT2D eigenvalue weighted by Crippen LogP contribution is 2.29. The zero-order chi connectivity index (χ0) is 19.1. The summed E-state index contributed by atoms with van der Waals surface area (Å²) in [4.78, 5) is 15.4. The van der Waals surface area contributed by atoms with Gasteiger partial charge in [-0.05, 0) is 42.1 Å². The minimum atomic E-state index is -0.0661. The van der Waals surface area contributed by atoms with Crippen molar-refractivity contribution in [3.8, 4) is 11.5 Å². The molecule has 0 saturated heterocycles. The Morgan fingerprint density at radius 3 is 3.07 bits per heavy atom. The minimum Gasteiger partial charge on any atom is -0.497 e. The standard InChI is InChI=1S/C21H26N2O3S/c1-3-17-15-23(14-16-13-18(25-2)6-8-20(16)26-17)11-10-22-21(24)9-7-19-5-4-12-27-19/h4-9,12-13,17H,3,10-11,14-15H2,1-2H3,(H,22,24). The molecule has 0 radical (unpaired) electrons. The fourth-order valence-electron chi connectivity index (χ4n) is 3.05. The van der Waals surface area contributed by atoms with Crippen molar-refractivity contribution in [1.29, 1.82) is 0 Å². The first-order valence-electron chi connectivity index (χ1n) is 9.23. The predicted molar refractivity (Wildman–Crippen MR) is 109 cm³/mol. The van der Waals surface area contributed by atoms with Crippen molar-refractivity contribution in [3.63, 3.8) is 0 Å². The van der Waals surface area contributed by atoms with E-state index in [4.69, 9.17) is 9.47 Å². The van der Waals surface area contributed by atoms with Gasteiger partial charge in [0.1, 0.15) is 17.6 Å². The first-order chi connectivity index (χ1) is 13.2. The summed E-state index contributed by atoms with van der Waals surface area (Å²) in [6.45, 7) is 5.13. The lowest BCUT2D eigenvalue weighted by atomic mass is 10.2. The van der Waals surface area contributed by atoms with Crippen LogP contribution in [0.15, 0.2) is 41.8 Å². The van der Waals surface area contributed by atoms with Gasteiger partial charge in [0.15, 0.2) is 0 Å². The van der Waals surface area contributed by atoms with Crippen LogP contribution in [0.1, 0.15) is 23.8 Å². The van der Waals surface area contributed by atoms with E-state index < -0.39 is 0 Å². The van der Waals surface area contributed by atoms with Crippen LogP contribution >= 0.6 is 11.3 Å². The fourth-order valence-corrected chi connectivity index (χ4v) is 3.67. The molecule has 1 atom stereocenters. The Kier molecular flexibility index (Phi) is 6.90. The normalized spacial score (nSPS) is 17.2. The lowest BCUT2D eigenvalue weighted by Crippen LogP contribution is -2.38. The summed E-state index contributed by atoms with van der Waals surface area (Å²) in [7, 11) is 1.67. The molecule has 27 heavy (non-hydrogen) atoms. The molecule has 0 aliphatic carbocycles. The van der Waals surface area contributed by atoms with Crippen molar-refractivity contribution in [1.82, 2.24) is 10.2 Å². The van der Waals surface area contributed by atoms with Crippen LogP contribution in [-0.2, 0) is 11.3 Å². The quantitative estimate of drug-likeness (QED) is 0.740. The molecule has 2 aromatic rings. The molecule has 6 heteroatoms. The molecule has 144 valence electrons. The van der Waals surface area contributed by atoms with Crippen LogP contribution in [0.25, 0.3) is 6.08 Å². The maximum absolute atomic E-state index is 12.0. The zero-order valence-electron chi connectivity index (χ0n) is 15.8. The van der Waals surface area contributed by atoms with E-state index in [1.807, 2.05) is 41.8 Å². The van der Waals surface area contributed by atoms with Crippen LogP contribution < -0.4 is 14.8 Å². The molecule has 1 amide bonds. The van der Waals surface area contributed by atoms with Gasteiger partial charge >= 0.3 is 0 Å². The molecule has 0 fully saturated rings. The average Bonchev–Trinajstić information content (AvgIpc) is 3.13. The molecule has 1 aromatic carbocycles. The number of fused-ring (bicyclic) bond motifs is 1. The van der Waals surface area contributed by atoms with Gasteiger partial charge in [-0.3, -0.25) is 9.69 Å². The lowest BCUT2D eigenvalue weighted by Gasteiger charge is -2.23. The minimum absolute atomic E-state index is 0.0661. The average molecular weight is 387 g/mol. The van der Waals surface area contributed by atoms with Crippen molar-refractivity contribution in [3.05, 3.63) is 52.2 Å². The van der Waals surface area contributed by atoms with Crippen molar-refractivity contribution >= 4 is 23.3 Å². The molecule has 1 aliphatic heterocycles. The van der Waals surface area contributed by atoms with Crippen LogP contribution in [-0.4, -0.2) is 43.7 Å². The van der Waals surface area contributed by atoms with Gasteiger partial charge in [-0.1, -0.05) is 13.0 Å². The highest BCUT2D eigenvalue weighted by atomic mass is 32.1.